The van der Waals surface area contributed by atoms with Gasteiger partial charge >= 0.3 is 5.97 Å². The summed E-state index contributed by atoms with van der Waals surface area (Å²) >= 11 is 1.05. The van der Waals surface area contributed by atoms with Crippen LogP contribution in [0, 0.1) is 0 Å². The standard InChI is InChI=1S/C22H20N4O5S2/c1-2-14-7-9-15(10-8-14)33(30,31)26(12-20(27)28)18-11-19(32-22-23-13-24-25-22)21(29)17-6-4-3-5-16(17)18/h3-11,13,29H,2,12H2,1H3,(H,27,28)(H,23,24,25). The average Bonchev–Trinajstić information content (AvgIpc) is 3.32. The van der Waals surface area contributed by atoms with E-state index in [9.17, 15) is 23.4 Å². The number of fused-ring (bicyclic) bond motifs is 1. The van der Waals surface area contributed by atoms with Crippen LogP contribution < -0.4 is 4.31 Å². The Labute approximate surface area is 194 Å². The third-order valence-electron chi connectivity index (χ3n) is 5.03. The summed E-state index contributed by atoms with van der Waals surface area (Å²) < 4.78 is 28.0. The number of aromatic nitrogens is 3. The van der Waals surface area contributed by atoms with Crippen molar-refractivity contribution in [3.8, 4) is 5.75 Å². The van der Waals surface area contributed by atoms with Gasteiger partial charge in [0.15, 0.2) is 5.16 Å². The van der Waals surface area contributed by atoms with E-state index in [1.54, 1.807) is 36.4 Å². The van der Waals surface area contributed by atoms with Crippen molar-refractivity contribution in [3.05, 3.63) is 66.5 Å². The number of aryl methyl sites for hydroxylation is 1. The highest BCUT2D eigenvalue weighted by Crippen LogP contribution is 2.43. The van der Waals surface area contributed by atoms with Gasteiger partial charge in [0.25, 0.3) is 10.0 Å². The Morgan fingerprint density at radius 1 is 1.12 bits per heavy atom. The zero-order valence-corrected chi connectivity index (χ0v) is 19.1. The summed E-state index contributed by atoms with van der Waals surface area (Å²) in [4.78, 5) is 16.0. The highest BCUT2D eigenvalue weighted by Gasteiger charge is 2.30. The van der Waals surface area contributed by atoms with Crippen LogP contribution in [0.4, 0.5) is 5.69 Å². The van der Waals surface area contributed by atoms with Crippen molar-refractivity contribution >= 4 is 44.2 Å². The third kappa shape index (κ3) is 4.50. The van der Waals surface area contributed by atoms with Crippen molar-refractivity contribution in [2.24, 2.45) is 0 Å². The molecule has 0 saturated carbocycles. The topological polar surface area (TPSA) is 136 Å². The van der Waals surface area contributed by atoms with Gasteiger partial charge in [-0.05, 0) is 41.9 Å². The van der Waals surface area contributed by atoms with Crippen LogP contribution in [0.3, 0.4) is 0 Å². The summed E-state index contributed by atoms with van der Waals surface area (Å²) in [5, 5.41) is 28.0. The second-order valence-corrected chi connectivity index (χ2v) is 9.98. The molecule has 0 bridgehead atoms. The fraction of sp³-hybridized carbons (Fsp3) is 0.136. The molecule has 0 aliphatic carbocycles. The average molecular weight is 485 g/mol. The Balaban J connectivity index is 1.93. The number of phenols is 1. The molecule has 0 atom stereocenters. The fourth-order valence-electron chi connectivity index (χ4n) is 3.39. The molecular formula is C22H20N4O5S2. The lowest BCUT2D eigenvalue weighted by molar-refractivity contribution is -0.135. The predicted octanol–water partition coefficient (Wildman–Crippen LogP) is 3.66. The van der Waals surface area contributed by atoms with Crippen LogP contribution in [0.25, 0.3) is 10.8 Å². The zero-order chi connectivity index (χ0) is 23.6. The maximum absolute atomic E-state index is 13.6. The molecule has 9 nitrogen and oxygen atoms in total. The first-order chi connectivity index (χ1) is 15.8. The summed E-state index contributed by atoms with van der Waals surface area (Å²) in [6, 6.07) is 14.5. The largest absolute Gasteiger partial charge is 0.506 e. The molecule has 4 aromatic rings. The minimum Gasteiger partial charge on any atom is -0.506 e. The predicted molar refractivity (Wildman–Crippen MR) is 124 cm³/mol. The van der Waals surface area contributed by atoms with Gasteiger partial charge in [-0.15, -0.1) is 0 Å². The maximum Gasteiger partial charge on any atom is 0.324 e. The number of carbonyl (C=O) groups is 1. The van der Waals surface area contributed by atoms with Crippen LogP contribution >= 0.6 is 11.8 Å². The van der Waals surface area contributed by atoms with Crippen molar-refractivity contribution in [2.45, 2.75) is 28.3 Å². The first-order valence-electron chi connectivity index (χ1n) is 9.92. The number of phenolic OH excluding ortho intramolecular Hbond substituents is 1. The normalized spacial score (nSPS) is 11.5. The van der Waals surface area contributed by atoms with E-state index in [1.165, 1.54) is 24.5 Å². The second-order valence-electron chi connectivity index (χ2n) is 7.08. The summed E-state index contributed by atoms with van der Waals surface area (Å²) in [5.74, 6) is -1.39. The number of nitrogens with zero attached hydrogens (tertiary/aromatic N) is 3. The molecule has 11 heteroatoms. The number of hydrogen-bond donors (Lipinski definition) is 3. The first-order valence-corrected chi connectivity index (χ1v) is 12.2. The van der Waals surface area contributed by atoms with Gasteiger partial charge in [-0.1, -0.05) is 43.3 Å². The van der Waals surface area contributed by atoms with E-state index < -0.39 is 22.5 Å². The highest BCUT2D eigenvalue weighted by atomic mass is 32.2. The van der Waals surface area contributed by atoms with E-state index in [2.05, 4.69) is 15.2 Å². The van der Waals surface area contributed by atoms with Crippen LogP contribution in [0.15, 0.2) is 75.9 Å². The molecule has 0 unspecified atom stereocenters. The maximum atomic E-state index is 13.6. The molecule has 3 aromatic carbocycles. The van der Waals surface area contributed by atoms with Crippen LogP contribution in [0.1, 0.15) is 12.5 Å². The van der Waals surface area contributed by atoms with Gasteiger partial charge in [0.05, 0.1) is 15.5 Å². The van der Waals surface area contributed by atoms with Crippen LogP contribution in [0.5, 0.6) is 5.75 Å². The minimum atomic E-state index is -4.23. The van der Waals surface area contributed by atoms with Crippen molar-refractivity contribution in [3.63, 3.8) is 0 Å². The van der Waals surface area contributed by atoms with E-state index in [0.717, 1.165) is 28.1 Å². The molecule has 0 spiro atoms. The number of hydrogen-bond acceptors (Lipinski definition) is 7. The first kappa shape index (κ1) is 22.6. The Morgan fingerprint density at radius 2 is 1.82 bits per heavy atom. The van der Waals surface area contributed by atoms with E-state index in [4.69, 9.17) is 0 Å². The van der Waals surface area contributed by atoms with Gasteiger partial charge in [-0.3, -0.25) is 14.2 Å². The van der Waals surface area contributed by atoms with E-state index in [1.807, 2.05) is 6.92 Å². The lowest BCUT2D eigenvalue weighted by Gasteiger charge is -2.25. The number of H-pyrrole nitrogens is 1. The molecule has 0 saturated heterocycles. The monoisotopic (exact) mass is 484 g/mol. The molecule has 0 fully saturated rings. The molecule has 0 amide bonds. The van der Waals surface area contributed by atoms with Gasteiger partial charge < -0.3 is 10.2 Å². The van der Waals surface area contributed by atoms with Crippen molar-refractivity contribution < 1.29 is 23.4 Å². The van der Waals surface area contributed by atoms with Crippen LogP contribution in [0.2, 0.25) is 0 Å². The molecule has 4 rings (SSSR count). The number of carboxylic acid groups (broad SMARTS) is 1. The number of carboxylic acids is 1. The van der Waals surface area contributed by atoms with Crippen LogP contribution in [-0.4, -0.2) is 46.3 Å². The lowest BCUT2D eigenvalue weighted by atomic mass is 10.1. The third-order valence-corrected chi connectivity index (χ3v) is 7.72. The summed E-state index contributed by atoms with van der Waals surface area (Å²) in [5.41, 5.74) is 1.09. The number of nitrogens with one attached hydrogen (secondary N) is 1. The summed E-state index contributed by atoms with van der Waals surface area (Å²) in [6.45, 7) is 1.16. The van der Waals surface area contributed by atoms with E-state index in [0.29, 0.717) is 20.8 Å². The van der Waals surface area contributed by atoms with Crippen molar-refractivity contribution in [1.29, 1.82) is 0 Å². The van der Waals surface area contributed by atoms with Gasteiger partial charge in [-0.25, -0.2) is 13.4 Å². The molecule has 33 heavy (non-hydrogen) atoms. The van der Waals surface area contributed by atoms with Gasteiger partial charge in [0.1, 0.15) is 18.6 Å². The SMILES string of the molecule is CCc1ccc(S(=O)(=O)N(CC(=O)O)c2cc(Sc3ncn[nH]3)c(O)c3ccccc23)cc1. The molecular weight excluding hydrogens is 464 g/mol. The minimum absolute atomic E-state index is 0.0254. The fourth-order valence-corrected chi connectivity index (χ4v) is 5.60. The Hall–Kier alpha value is -3.57. The number of aromatic hydroxyl groups is 1. The zero-order valence-electron chi connectivity index (χ0n) is 17.5. The number of sulfonamides is 1. The molecule has 1 aromatic heterocycles. The van der Waals surface area contributed by atoms with Crippen molar-refractivity contribution in [2.75, 3.05) is 10.8 Å². The van der Waals surface area contributed by atoms with E-state index >= 15 is 0 Å². The number of anilines is 1. The van der Waals surface area contributed by atoms with E-state index in [-0.39, 0.29) is 16.3 Å². The lowest BCUT2D eigenvalue weighted by Crippen LogP contribution is -2.36. The van der Waals surface area contributed by atoms with Crippen LogP contribution in [-0.2, 0) is 21.2 Å². The Bertz CT molecular complexity index is 1410. The Kier molecular flexibility index (Phi) is 6.25. The molecule has 1 heterocycles. The van der Waals surface area contributed by atoms with Gasteiger partial charge in [-0.2, -0.15) is 5.10 Å². The number of aliphatic carboxylic acids is 1. The smallest absolute Gasteiger partial charge is 0.324 e. The Morgan fingerprint density at radius 3 is 2.42 bits per heavy atom. The number of benzene rings is 3. The van der Waals surface area contributed by atoms with Gasteiger partial charge in [0, 0.05) is 10.8 Å². The molecule has 170 valence electrons. The quantitative estimate of drug-likeness (QED) is 0.345. The molecule has 0 aliphatic heterocycles. The molecule has 0 radical (unpaired) electrons. The number of aromatic amines is 1. The molecule has 0 aliphatic rings. The second kappa shape index (κ2) is 9.12. The summed E-state index contributed by atoms with van der Waals surface area (Å²) in [6.07, 6.45) is 2.05. The van der Waals surface area contributed by atoms with Crippen molar-refractivity contribution in [1.82, 2.24) is 15.2 Å². The molecule has 3 N–H and O–H groups in total. The number of rotatable bonds is 8. The summed E-state index contributed by atoms with van der Waals surface area (Å²) in [7, 11) is -4.23. The van der Waals surface area contributed by atoms with Gasteiger partial charge in [0.2, 0.25) is 0 Å². The highest BCUT2D eigenvalue weighted by molar-refractivity contribution is 7.99.